The first-order chi connectivity index (χ1) is 12.2. The summed E-state index contributed by atoms with van der Waals surface area (Å²) in [5.74, 6) is 1.69. The molecule has 2 aromatic carbocycles. The van der Waals surface area contributed by atoms with Gasteiger partial charge < -0.3 is 15.7 Å². The summed E-state index contributed by atoms with van der Waals surface area (Å²) in [5, 5.41) is 10.6. The molecule has 1 saturated heterocycles. The number of aliphatic hydroxyl groups excluding tert-OH is 1. The Morgan fingerprint density at radius 2 is 1.64 bits per heavy atom. The van der Waals surface area contributed by atoms with Gasteiger partial charge in [0.05, 0.1) is 12.1 Å². The standard InChI is InChI=1S/C20H22N4O/c21-20(14-25)10-12-24(13-11-20)19-16-8-4-5-9-17(16)22-18(23-19)15-6-2-1-3-7-15/h1-9,25H,10-14,21H2. The lowest BCUT2D eigenvalue weighted by atomic mass is 9.89. The van der Waals surface area contributed by atoms with Gasteiger partial charge in [0.2, 0.25) is 0 Å². The number of benzene rings is 2. The van der Waals surface area contributed by atoms with E-state index in [0.717, 1.165) is 54.0 Å². The first-order valence-corrected chi connectivity index (χ1v) is 8.65. The zero-order valence-electron chi connectivity index (χ0n) is 14.1. The number of aliphatic hydroxyl groups is 1. The molecule has 0 amide bonds. The second-order valence-corrected chi connectivity index (χ2v) is 6.76. The van der Waals surface area contributed by atoms with Crippen LogP contribution in [0, 0.1) is 0 Å². The molecule has 0 atom stereocenters. The van der Waals surface area contributed by atoms with Crippen LogP contribution in [0.4, 0.5) is 5.82 Å². The van der Waals surface area contributed by atoms with Gasteiger partial charge in [-0.25, -0.2) is 9.97 Å². The Bertz CT molecular complexity index is 873. The highest BCUT2D eigenvalue weighted by Crippen LogP contribution is 2.30. The fourth-order valence-electron chi connectivity index (χ4n) is 3.34. The summed E-state index contributed by atoms with van der Waals surface area (Å²) in [4.78, 5) is 11.9. The fourth-order valence-corrected chi connectivity index (χ4v) is 3.34. The van der Waals surface area contributed by atoms with Crippen LogP contribution in [0.2, 0.25) is 0 Å². The van der Waals surface area contributed by atoms with E-state index in [-0.39, 0.29) is 6.61 Å². The van der Waals surface area contributed by atoms with E-state index in [1.807, 2.05) is 48.5 Å². The number of rotatable bonds is 3. The number of piperidine rings is 1. The molecule has 0 spiro atoms. The van der Waals surface area contributed by atoms with E-state index in [1.165, 1.54) is 0 Å². The van der Waals surface area contributed by atoms with Gasteiger partial charge >= 0.3 is 0 Å². The van der Waals surface area contributed by atoms with Crippen LogP contribution < -0.4 is 10.6 Å². The highest BCUT2D eigenvalue weighted by molar-refractivity contribution is 5.91. The summed E-state index contributed by atoms with van der Waals surface area (Å²) in [6, 6.07) is 18.2. The van der Waals surface area contributed by atoms with E-state index >= 15 is 0 Å². The number of anilines is 1. The molecule has 0 bridgehead atoms. The minimum absolute atomic E-state index is 0.0284. The van der Waals surface area contributed by atoms with E-state index in [4.69, 9.17) is 15.7 Å². The normalized spacial score (nSPS) is 17.0. The molecule has 128 valence electrons. The van der Waals surface area contributed by atoms with Crippen molar-refractivity contribution in [3.05, 3.63) is 54.6 Å². The summed E-state index contributed by atoms with van der Waals surface area (Å²) in [6.07, 6.45) is 1.50. The number of aromatic nitrogens is 2. The molecule has 2 heterocycles. The molecule has 1 aromatic heterocycles. The lowest BCUT2D eigenvalue weighted by Crippen LogP contribution is -2.53. The van der Waals surface area contributed by atoms with Crippen molar-refractivity contribution >= 4 is 16.7 Å². The minimum Gasteiger partial charge on any atom is -0.394 e. The molecular formula is C20H22N4O. The van der Waals surface area contributed by atoms with Crippen molar-refractivity contribution in [1.29, 1.82) is 0 Å². The third-order valence-corrected chi connectivity index (χ3v) is 4.99. The van der Waals surface area contributed by atoms with Crippen LogP contribution >= 0.6 is 0 Å². The van der Waals surface area contributed by atoms with Crippen molar-refractivity contribution < 1.29 is 5.11 Å². The highest BCUT2D eigenvalue weighted by Gasteiger charge is 2.31. The largest absolute Gasteiger partial charge is 0.394 e. The zero-order valence-corrected chi connectivity index (χ0v) is 14.1. The Hall–Kier alpha value is -2.50. The summed E-state index contributed by atoms with van der Waals surface area (Å²) >= 11 is 0. The van der Waals surface area contributed by atoms with Crippen molar-refractivity contribution in [1.82, 2.24) is 9.97 Å². The predicted octanol–water partition coefficient (Wildman–Crippen LogP) is 2.59. The van der Waals surface area contributed by atoms with Crippen LogP contribution in [0.5, 0.6) is 0 Å². The summed E-state index contributed by atoms with van der Waals surface area (Å²) in [5.41, 5.74) is 7.70. The molecule has 4 rings (SSSR count). The summed E-state index contributed by atoms with van der Waals surface area (Å²) in [6.45, 7) is 1.60. The van der Waals surface area contributed by atoms with Crippen LogP contribution in [-0.4, -0.2) is 40.3 Å². The Kier molecular flexibility index (Phi) is 4.11. The molecule has 1 fully saturated rings. The smallest absolute Gasteiger partial charge is 0.162 e. The topological polar surface area (TPSA) is 75.3 Å². The quantitative estimate of drug-likeness (QED) is 0.770. The number of nitrogens with two attached hydrogens (primary N) is 1. The van der Waals surface area contributed by atoms with Gasteiger partial charge in [-0.3, -0.25) is 0 Å². The lowest BCUT2D eigenvalue weighted by Gasteiger charge is -2.38. The van der Waals surface area contributed by atoms with Gasteiger partial charge in [-0.05, 0) is 25.0 Å². The van der Waals surface area contributed by atoms with Crippen LogP contribution in [0.3, 0.4) is 0 Å². The fraction of sp³-hybridized carbons (Fsp3) is 0.300. The van der Waals surface area contributed by atoms with E-state index in [9.17, 15) is 5.11 Å². The predicted molar refractivity (Wildman–Crippen MR) is 100 cm³/mol. The van der Waals surface area contributed by atoms with Crippen molar-refractivity contribution in [3.8, 4) is 11.4 Å². The molecule has 5 heteroatoms. The van der Waals surface area contributed by atoms with E-state index in [1.54, 1.807) is 0 Å². The third kappa shape index (κ3) is 3.08. The van der Waals surface area contributed by atoms with Crippen molar-refractivity contribution in [2.75, 3.05) is 24.6 Å². The average molecular weight is 334 g/mol. The third-order valence-electron chi connectivity index (χ3n) is 4.99. The summed E-state index contributed by atoms with van der Waals surface area (Å²) < 4.78 is 0. The van der Waals surface area contributed by atoms with Crippen molar-refractivity contribution in [2.45, 2.75) is 18.4 Å². The monoisotopic (exact) mass is 334 g/mol. The van der Waals surface area contributed by atoms with Gasteiger partial charge in [-0.1, -0.05) is 42.5 Å². The Balaban J connectivity index is 1.77. The number of hydrogen-bond acceptors (Lipinski definition) is 5. The van der Waals surface area contributed by atoms with E-state index < -0.39 is 5.54 Å². The molecule has 1 aliphatic heterocycles. The molecule has 0 aliphatic carbocycles. The molecule has 25 heavy (non-hydrogen) atoms. The number of hydrogen-bond donors (Lipinski definition) is 2. The Morgan fingerprint density at radius 3 is 2.36 bits per heavy atom. The van der Waals surface area contributed by atoms with Gasteiger partial charge in [0, 0.05) is 29.6 Å². The molecule has 0 unspecified atom stereocenters. The van der Waals surface area contributed by atoms with Gasteiger partial charge in [-0.15, -0.1) is 0 Å². The van der Waals surface area contributed by atoms with Crippen LogP contribution in [0.1, 0.15) is 12.8 Å². The molecule has 0 radical (unpaired) electrons. The Morgan fingerprint density at radius 1 is 0.960 bits per heavy atom. The minimum atomic E-state index is -0.471. The summed E-state index contributed by atoms with van der Waals surface area (Å²) in [7, 11) is 0. The van der Waals surface area contributed by atoms with Gasteiger partial charge in [-0.2, -0.15) is 0 Å². The van der Waals surface area contributed by atoms with Crippen molar-refractivity contribution in [2.24, 2.45) is 5.73 Å². The average Bonchev–Trinajstić information content (AvgIpc) is 2.68. The highest BCUT2D eigenvalue weighted by atomic mass is 16.3. The molecule has 1 aliphatic rings. The maximum Gasteiger partial charge on any atom is 0.162 e. The van der Waals surface area contributed by atoms with E-state index in [2.05, 4.69) is 11.0 Å². The second kappa shape index (κ2) is 6.43. The van der Waals surface area contributed by atoms with Crippen molar-refractivity contribution in [3.63, 3.8) is 0 Å². The molecule has 3 aromatic rings. The van der Waals surface area contributed by atoms with Crippen LogP contribution in [0.15, 0.2) is 54.6 Å². The molecular weight excluding hydrogens is 312 g/mol. The van der Waals surface area contributed by atoms with Crippen LogP contribution in [0.25, 0.3) is 22.3 Å². The van der Waals surface area contributed by atoms with E-state index in [0.29, 0.717) is 0 Å². The lowest BCUT2D eigenvalue weighted by molar-refractivity contribution is 0.170. The molecule has 0 saturated carbocycles. The molecule has 3 N–H and O–H groups in total. The molecule has 5 nitrogen and oxygen atoms in total. The second-order valence-electron chi connectivity index (χ2n) is 6.76. The number of nitrogens with zero attached hydrogens (tertiary/aromatic N) is 3. The Labute approximate surface area is 147 Å². The number of fused-ring (bicyclic) bond motifs is 1. The SMILES string of the molecule is NC1(CO)CCN(c2nc(-c3ccccc3)nc3ccccc23)CC1. The van der Waals surface area contributed by atoms with Gasteiger partial charge in [0.25, 0.3) is 0 Å². The maximum absolute atomic E-state index is 9.50. The zero-order chi connectivity index (χ0) is 17.3. The van der Waals surface area contributed by atoms with Crippen LogP contribution in [-0.2, 0) is 0 Å². The maximum atomic E-state index is 9.50. The van der Waals surface area contributed by atoms with Gasteiger partial charge in [0.1, 0.15) is 5.82 Å². The van der Waals surface area contributed by atoms with Gasteiger partial charge in [0.15, 0.2) is 5.82 Å². The number of para-hydroxylation sites is 1. The first-order valence-electron chi connectivity index (χ1n) is 8.65. The first kappa shape index (κ1) is 16.0.